The first-order chi connectivity index (χ1) is 6.65. The summed E-state index contributed by atoms with van der Waals surface area (Å²) >= 11 is 0. The number of aromatic nitrogens is 1. The SMILES string of the molecule is CNS(=O)(=O)n1ccc2ccccc21. The van der Waals surface area contributed by atoms with E-state index in [1.54, 1.807) is 12.1 Å². The van der Waals surface area contributed by atoms with Crippen LogP contribution in [0.4, 0.5) is 0 Å². The molecule has 74 valence electrons. The Hall–Kier alpha value is -1.33. The summed E-state index contributed by atoms with van der Waals surface area (Å²) in [5, 5.41) is 0.909. The first kappa shape index (κ1) is 9.23. The number of nitrogens with zero attached hydrogens (tertiary/aromatic N) is 1. The van der Waals surface area contributed by atoms with Gasteiger partial charge in [-0.2, -0.15) is 8.42 Å². The lowest BCUT2D eigenvalue weighted by Gasteiger charge is -2.04. The fourth-order valence-corrected chi connectivity index (χ4v) is 2.21. The predicted octanol–water partition coefficient (Wildman–Crippen LogP) is 0.954. The number of hydrogen-bond acceptors (Lipinski definition) is 2. The van der Waals surface area contributed by atoms with Gasteiger partial charge in [-0.3, -0.25) is 0 Å². The Morgan fingerprint density at radius 1 is 1.21 bits per heavy atom. The molecular weight excluding hydrogens is 200 g/mol. The molecule has 0 saturated carbocycles. The lowest BCUT2D eigenvalue weighted by molar-refractivity contribution is 0.581. The summed E-state index contributed by atoms with van der Waals surface area (Å²) in [6, 6.07) is 9.09. The molecule has 1 N–H and O–H groups in total. The highest BCUT2D eigenvalue weighted by molar-refractivity contribution is 7.88. The molecule has 0 aliphatic heterocycles. The Morgan fingerprint density at radius 2 is 1.93 bits per heavy atom. The van der Waals surface area contributed by atoms with Crippen molar-refractivity contribution in [2.75, 3.05) is 7.05 Å². The van der Waals surface area contributed by atoms with Gasteiger partial charge in [0.1, 0.15) is 0 Å². The molecular formula is C9H10N2O2S. The topological polar surface area (TPSA) is 51.1 Å². The summed E-state index contributed by atoms with van der Waals surface area (Å²) in [7, 11) is -2.02. The maximum Gasteiger partial charge on any atom is 0.305 e. The van der Waals surface area contributed by atoms with Gasteiger partial charge in [0.05, 0.1) is 5.52 Å². The summed E-state index contributed by atoms with van der Waals surface area (Å²) in [4.78, 5) is 0. The normalized spacial score (nSPS) is 12.1. The first-order valence-corrected chi connectivity index (χ1v) is 5.59. The molecule has 0 saturated heterocycles. The fourth-order valence-electron chi connectivity index (χ4n) is 1.37. The summed E-state index contributed by atoms with van der Waals surface area (Å²) in [5.74, 6) is 0. The third kappa shape index (κ3) is 1.30. The van der Waals surface area contributed by atoms with Crippen LogP contribution in [0.15, 0.2) is 36.5 Å². The van der Waals surface area contributed by atoms with Crippen LogP contribution in [0.1, 0.15) is 0 Å². The molecule has 5 heteroatoms. The van der Waals surface area contributed by atoms with E-state index in [4.69, 9.17) is 0 Å². The van der Waals surface area contributed by atoms with E-state index in [1.165, 1.54) is 17.2 Å². The van der Waals surface area contributed by atoms with E-state index in [0.717, 1.165) is 5.39 Å². The Bertz CT molecular complexity index is 557. The highest BCUT2D eigenvalue weighted by Gasteiger charge is 2.11. The van der Waals surface area contributed by atoms with Crippen LogP contribution in [0.25, 0.3) is 10.9 Å². The third-order valence-corrected chi connectivity index (χ3v) is 3.43. The smallest absolute Gasteiger partial charge is 0.233 e. The quantitative estimate of drug-likeness (QED) is 0.802. The Labute approximate surface area is 82.3 Å². The van der Waals surface area contributed by atoms with Crippen LogP contribution in [0, 0.1) is 0 Å². The van der Waals surface area contributed by atoms with Crippen LogP contribution in [0.3, 0.4) is 0 Å². The van der Waals surface area contributed by atoms with Gasteiger partial charge in [0.25, 0.3) is 0 Å². The lowest BCUT2D eigenvalue weighted by Crippen LogP contribution is -2.25. The van der Waals surface area contributed by atoms with Crippen molar-refractivity contribution in [1.82, 2.24) is 8.69 Å². The monoisotopic (exact) mass is 210 g/mol. The van der Waals surface area contributed by atoms with Gasteiger partial charge in [-0.05, 0) is 12.1 Å². The van der Waals surface area contributed by atoms with Gasteiger partial charge in [-0.25, -0.2) is 8.69 Å². The van der Waals surface area contributed by atoms with Crippen molar-refractivity contribution in [3.63, 3.8) is 0 Å². The van der Waals surface area contributed by atoms with E-state index in [9.17, 15) is 8.42 Å². The van der Waals surface area contributed by atoms with Gasteiger partial charge in [0.2, 0.25) is 0 Å². The molecule has 0 radical (unpaired) electrons. The summed E-state index contributed by atoms with van der Waals surface area (Å²) in [6.07, 6.45) is 1.54. The van der Waals surface area contributed by atoms with Gasteiger partial charge in [0, 0.05) is 18.6 Å². The van der Waals surface area contributed by atoms with Crippen molar-refractivity contribution in [3.8, 4) is 0 Å². The zero-order valence-corrected chi connectivity index (χ0v) is 8.45. The molecule has 0 amide bonds. The number of nitrogens with one attached hydrogen (secondary N) is 1. The van der Waals surface area contributed by atoms with Crippen molar-refractivity contribution in [1.29, 1.82) is 0 Å². The zero-order valence-electron chi connectivity index (χ0n) is 7.64. The van der Waals surface area contributed by atoms with Crippen molar-refractivity contribution in [2.45, 2.75) is 0 Å². The van der Waals surface area contributed by atoms with Crippen molar-refractivity contribution >= 4 is 21.1 Å². The van der Waals surface area contributed by atoms with E-state index >= 15 is 0 Å². The maximum atomic E-state index is 11.5. The lowest BCUT2D eigenvalue weighted by atomic mass is 10.3. The minimum atomic E-state index is -3.41. The Kier molecular flexibility index (Phi) is 2.05. The molecule has 0 spiro atoms. The average Bonchev–Trinajstić information content (AvgIpc) is 2.61. The standard InChI is InChI=1S/C9H10N2O2S/c1-10-14(12,13)11-7-6-8-4-2-3-5-9(8)11/h2-7,10H,1H3. The number of benzene rings is 1. The van der Waals surface area contributed by atoms with Crippen LogP contribution in [-0.2, 0) is 10.2 Å². The minimum Gasteiger partial charge on any atom is -0.233 e. The summed E-state index contributed by atoms with van der Waals surface area (Å²) in [6.45, 7) is 0. The molecule has 2 rings (SSSR count). The molecule has 14 heavy (non-hydrogen) atoms. The van der Waals surface area contributed by atoms with E-state index in [2.05, 4.69) is 4.72 Å². The molecule has 0 fully saturated rings. The van der Waals surface area contributed by atoms with Gasteiger partial charge in [0.15, 0.2) is 0 Å². The van der Waals surface area contributed by atoms with Crippen LogP contribution in [0.5, 0.6) is 0 Å². The average molecular weight is 210 g/mol. The van der Waals surface area contributed by atoms with E-state index < -0.39 is 10.2 Å². The largest absolute Gasteiger partial charge is 0.305 e. The van der Waals surface area contributed by atoms with Gasteiger partial charge >= 0.3 is 10.2 Å². The second-order valence-electron chi connectivity index (χ2n) is 2.88. The van der Waals surface area contributed by atoms with Crippen LogP contribution in [0.2, 0.25) is 0 Å². The number of hydrogen-bond donors (Lipinski definition) is 1. The number of para-hydroxylation sites is 1. The molecule has 1 aromatic carbocycles. The molecule has 0 atom stereocenters. The molecule has 2 aromatic rings. The van der Waals surface area contributed by atoms with Gasteiger partial charge in [-0.1, -0.05) is 18.2 Å². The molecule has 0 aliphatic rings. The van der Waals surface area contributed by atoms with Crippen molar-refractivity contribution in [2.24, 2.45) is 0 Å². The summed E-state index contributed by atoms with van der Waals surface area (Å²) in [5.41, 5.74) is 0.682. The summed E-state index contributed by atoms with van der Waals surface area (Å²) < 4.78 is 26.6. The number of fused-ring (bicyclic) bond motifs is 1. The molecule has 1 aromatic heterocycles. The fraction of sp³-hybridized carbons (Fsp3) is 0.111. The Morgan fingerprint density at radius 3 is 2.64 bits per heavy atom. The van der Waals surface area contributed by atoms with Crippen LogP contribution >= 0.6 is 0 Å². The highest BCUT2D eigenvalue weighted by Crippen LogP contribution is 2.16. The maximum absolute atomic E-state index is 11.5. The Balaban J connectivity index is 2.77. The molecule has 0 unspecified atom stereocenters. The van der Waals surface area contributed by atoms with Gasteiger partial charge < -0.3 is 0 Å². The van der Waals surface area contributed by atoms with Gasteiger partial charge in [-0.15, -0.1) is 0 Å². The second kappa shape index (κ2) is 3.11. The minimum absolute atomic E-state index is 0.682. The van der Waals surface area contributed by atoms with E-state index in [0.29, 0.717) is 5.52 Å². The molecule has 4 nitrogen and oxygen atoms in total. The predicted molar refractivity (Wildman–Crippen MR) is 55.3 cm³/mol. The second-order valence-corrected chi connectivity index (χ2v) is 4.63. The highest BCUT2D eigenvalue weighted by atomic mass is 32.2. The number of rotatable bonds is 2. The molecule has 0 bridgehead atoms. The van der Waals surface area contributed by atoms with Crippen LogP contribution < -0.4 is 4.72 Å². The molecule has 0 aliphatic carbocycles. The van der Waals surface area contributed by atoms with Crippen molar-refractivity contribution in [3.05, 3.63) is 36.5 Å². The van der Waals surface area contributed by atoms with Crippen molar-refractivity contribution < 1.29 is 8.42 Å². The zero-order chi connectivity index (χ0) is 10.2. The third-order valence-electron chi connectivity index (χ3n) is 2.08. The first-order valence-electron chi connectivity index (χ1n) is 4.15. The van der Waals surface area contributed by atoms with E-state index in [-0.39, 0.29) is 0 Å². The van der Waals surface area contributed by atoms with Crippen LogP contribution in [-0.4, -0.2) is 19.4 Å². The van der Waals surface area contributed by atoms with E-state index in [1.807, 2.05) is 18.2 Å². The molecule has 1 heterocycles.